The van der Waals surface area contributed by atoms with Crippen LogP contribution in [0.4, 0.5) is 0 Å². The number of thiophene rings is 1. The number of hydrogen-bond donors (Lipinski definition) is 1. The summed E-state index contributed by atoms with van der Waals surface area (Å²) in [4.78, 5) is 13.1. The van der Waals surface area contributed by atoms with Crippen LogP contribution in [-0.2, 0) is 26.1 Å². The Morgan fingerprint density at radius 2 is 1.89 bits per heavy atom. The number of para-hydroxylation sites is 2. The molecule has 0 radical (unpaired) electrons. The number of sulfonamides is 1. The van der Waals surface area contributed by atoms with Gasteiger partial charge in [0.15, 0.2) is 11.5 Å². The highest BCUT2D eigenvalue weighted by atomic mass is 32.2. The first-order valence-electron chi connectivity index (χ1n) is 8.87. The number of nitrogens with zero attached hydrogens (tertiary/aromatic N) is 1. The van der Waals surface area contributed by atoms with Crippen LogP contribution >= 0.6 is 11.3 Å². The maximum Gasteiger partial charge on any atom is 0.264 e. The average molecular weight is 425 g/mol. The number of morpholine rings is 1. The molecule has 4 rings (SSSR count). The summed E-state index contributed by atoms with van der Waals surface area (Å²) in [6, 6.07) is 10.5. The molecule has 10 heteroatoms. The van der Waals surface area contributed by atoms with Crippen LogP contribution in [0.5, 0.6) is 11.5 Å². The summed E-state index contributed by atoms with van der Waals surface area (Å²) < 4.78 is 43.4. The normalized spacial score (nSPS) is 19.9. The molecule has 1 unspecified atom stereocenters. The van der Waals surface area contributed by atoms with Gasteiger partial charge in [0, 0.05) is 18.0 Å². The van der Waals surface area contributed by atoms with E-state index in [2.05, 4.69) is 5.32 Å². The van der Waals surface area contributed by atoms with Gasteiger partial charge in [-0.3, -0.25) is 4.79 Å². The Labute approximate surface area is 167 Å². The van der Waals surface area contributed by atoms with E-state index in [9.17, 15) is 13.2 Å². The molecule has 0 bridgehead atoms. The van der Waals surface area contributed by atoms with Gasteiger partial charge >= 0.3 is 0 Å². The van der Waals surface area contributed by atoms with Crippen molar-refractivity contribution in [2.24, 2.45) is 0 Å². The highest BCUT2D eigenvalue weighted by molar-refractivity contribution is 7.91. The highest BCUT2D eigenvalue weighted by Gasteiger charge is 2.29. The fourth-order valence-electron chi connectivity index (χ4n) is 2.94. The Morgan fingerprint density at radius 3 is 2.68 bits per heavy atom. The molecule has 1 aromatic heterocycles. The molecule has 0 aliphatic carbocycles. The molecule has 0 spiro atoms. The van der Waals surface area contributed by atoms with Crippen molar-refractivity contribution in [3.05, 3.63) is 41.3 Å². The Bertz CT molecular complexity index is 952. The van der Waals surface area contributed by atoms with Gasteiger partial charge in [-0.2, -0.15) is 4.31 Å². The lowest BCUT2D eigenvalue weighted by Gasteiger charge is -2.25. The molecule has 3 heterocycles. The third-order valence-electron chi connectivity index (χ3n) is 4.44. The Balaban J connectivity index is 1.35. The van der Waals surface area contributed by atoms with Gasteiger partial charge < -0.3 is 19.5 Å². The number of carbonyl (C=O) groups excluding carboxylic acids is 1. The first kappa shape index (κ1) is 19.2. The SMILES string of the molecule is O=C(NCc1ccc(S(=O)(=O)N2CCOCC2)s1)C1COc2ccccc2O1. The third kappa shape index (κ3) is 4.00. The quantitative estimate of drug-likeness (QED) is 0.776. The summed E-state index contributed by atoms with van der Waals surface area (Å²) in [5, 5.41) is 2.78. The molecule has 2 aliphatic rings. The molecule has 2 aromatic rings. The molecule has 8 nitrogen and oxygen atoms in total. The maximum absolute atomic E-state index is 12.7. The lowest BCUT2D eigenvalue weighted by molar-refractivity contribution is -0.130. The predicted molar refractivity (Wildman–Crippen MR) is 102 cm³/mol. The minimum atomic E-state index is -3.52. The minimum absolute atomic E-state index is 0.129. The lowest BCUT2D eigenvalue weighted by atomic mass is 10.2. The van der Waals surface area contributed by atoms with E-state index >= 15 is 0 Å². The Hall–Kier alpha value is -2.14. The van der Waals surface area contributed by atoms with Crippen LogP contribution in [0.3, 0.4) is 0 Å². The first-order valence-corrected chi connectivity index (χ1v) is 11.1. The van der Waals surface area contributed by atoms with Gasteiger partial charge in [0.05, 0.1) is 19.8 Å². The second kappa shape index (κ2) is 8.08. The first-order chi connectivity index (χ1) is 13.5. The number of fused-ring (bicyclic) bond motifs is 1. The van der Waals surface area contributed by atoms with Gasteiger partial charge in [-0.1, -0.05) is 12.1 Å². The van der Waals surface area contributed by atoms with E-state index in [1.807, 2.05) is 12.1 Å². The molecule has 0 saturated carbocycles. The summed E-state index contributed by atoms with van der Waals surface area (Å²) in [7, 11) is -3.52. The maximum atomic E-state index is 12.7. The molecule has 150 valence electrons. The molecule has 2 aliphatic heterocycles. The number of hydrogen-bond acceptors (Lipinski definition) is 7. The van der Waals surface area contributed by atoms with Crippen LogP contribution in [-0.4, -0.2) is 57.6 Å². The molecule has 1 aromatic carbocycles. The minimum Gasteiger partial charge on any atom is -0.485 e. The van der Waals surface area contributed by atoms with E-state index in [0.29, 0.717) is 37.8 Å². The standard InChI is InChI=1S/C18H20N2O6S2/c21-18(16-12-25-14-3-1-2-4-15(14)26-16)19-11-13-5-6-17(27-13)28(22,23)20-7-9-24-10-8-20/h1-6,16H,7-12H2,(H,19,21). The van der Waals surface area contributed by atoms with E-state index in [1.165, 1.54) is 4.31 Å². The topological polar surface area (TPSA) is 94.2 Å². The zero-order valence-corrected chi connectivity index (χ0v) is 16.6. The van der Waals surface area contributed by atoms with E-state index < -0.39 is 16.1 Å². The Kier molecular flexibility index (Phi) is 5.54. The van der Waals surface area contributed by atoms with Gasteiger partial charge in [-0.25, -0.2) is 8.42 Å². The summed E-state index contributed by atoms with van der Waals surface area (Å²) in [5.41, 5.74) is 0. The van der Waals surface area contributed by atoms with Crippen molar-refractivity contribution >= 4 is 27.3 Å². The molecule has 1 atom stereocenters. The van der Waals surface area contributed by atoms with Crippen molar-refractivity contribution in [1.82, 2.24) is 9.62 Å². The van der Waals surface area contributed by atoms with Crippen LogP contribution in [0, 0.1) is 0 Å². The van der Waals surface area contributed by atoms with Crippen LogP contribution in [0.2, 0.25) is 0 Å². The van der Waals surface area contributed by atoms with E-state index in [0.717, 1.165) is 16.2 Å². The number of nitrogens with one attached hydrogen (secondary N) is 1. The number of rotatable bonds is 5. The summed E-state index contributed by atoms with van der Waals surface area (Å²) >= 11 is 1.15. The van der Waals surface area contributed by atoms with Crippen LogP contribution in [0.1, 0.15) is 4.88 Å². The number of ether oxygens (including phenoxy) is 3. The summed E-state index contributed by atoms with van der Waals surface area (Å²) in [6.45, 7) is 1.87. The molecule has 1 amide bonds. The van der Waals surface area contributed by atoms with Crippen molar-refractivity contribution in [2.75, 3.05) is 32.9 Å². The van der Waals surface area contributed by atoms with Crippen molar-refractivity contribution < 1.29 is 27.4 Å². The number of carbonyl (C=O) groups is 1. The molecular weight excluding hydrogens is 404 g/mol. The number of amides is 1. The van der Waals surface area contributed by atoms with Crippen molar-refractivity contribution in [2.45, 2.75) is 16.9 Å². The lowest BCUT2D eigenvalue weighted by Crippen LogP contribution is -2.43. The summed E-state index contributed by atoms with van der Waals surface area (Å²) in [5.74, 6) is 0.840. The van der Waals surface area contributed by atoms with Crippen molar-refractivity contribution in [3.8, 4) is 11.5 Å². The fourth-order valence-corrected chi connectivity index (χ4v) is 5.80. The molecular formula is C18H20N2O6S2. The van der Waals surface area contributed by atoms with Crippen LogP contribution < -0.4 is 14.8 Å². The molecule has 28 heavy (non-hydrogen) atoms. The van der Waals surface area contributed by atoms with Gasteiger partial charge in [-0.15, -0.1) is 11.3 Å². The second-order valence-electron chi connectivity index (χ2n) is 6.32. The van der Waals surface area contributed by atoms with E-state index in [-0.39, 0.29) is 23.3 Å². The fraction of sp³-hybridized carbons (Fsp3) is 0.389. The zero-order chi connectivity index (χ0) is 19.6. The van der Waals surface area contributed by atoms with Gasteiger partial charge in [0.25, 0.3) is 15.9 Å². The van der Waals surface area contributed by atoms with Gasteiger partial charge in [0.1, 0.15) is 10.8 Å². The van der Waals surface area contributed by atoms with Crippen molar-refractivity contribution in [3.63, 3.8) is 0 Å². The van der Waals surface area contributed by atoms with E-state index in [4.69, 9.17) is 14.2 Å². The molecule has 1 N–H and O–H groups in total. The van der Waals surface area contributed by atoms with Gasteiger partial charge in [0.2, 0.25) is 6.10 Å². The molecule has 1 saturated heterocycles. The van der Waals surface area contributed by atoms with E-state index in [1.54, 1.807) is 24.3 Å². The monoisotopic (exact) mass is 424 g/mol. The number of benzene rings is 1. The largest absolute Gasteiger partial charge is 0.485 e. The van der Waals surface area contributed by atoms with Crippen LogP contribution in [0.15, 0.2) is 40.6 Å². The van der Waals surface area contributed by atoms with Crippen LogP contribution in [0.25, 0.3) is 0 Å². The predicted octanol–water partition coefficient (Wildman–Crippen LogP) is 1.23. The second-order valence-corrected chi connectivity index (χ2v) is 9.65. The Morgan fingerprint density at radius 1 is 1.14 bits per heavy atom. The summed E-state index contributed by atoms with van der Waals surface area (Å²) in [6.07, 6.45) is -0.744. The molecule has 1 fully saturated rings. The van der Waals surface area contributed by atoms with Gasteiger partial charge in [-0.05, 0) is 24.3 Å². The zero-order valence-electron chi connectivity index (χ0n) is 15.0. The smallest absolute Gasteiger partial charge is 0.264 e. The average Bonchev–Trinajstić information content (AvgIpc) is 3.22. The third-order valence-corrected chi connectivity index (χ3v) is 7.89. The van der Waals surface area contributed by atoms with Crippen molar-refractivity contribution in [1.29, 1.82) is 0 Å². The highest BCUT2D eigenvalue weighted by Crippen LogP contribution is 2.31.